The molecule has 0 unspecified atom stereocenters. The Kier molecular flexibility index (Phi) is 5.11. The maximum atomic E-state index is 12.4. The lowest BCUT2D eigenvalue weighted by atomic mass is 10.1. The van der Waals surface area contributed by atoms with Gasteiger partial charge < -0.3 is 0 Å². The second-order valence-corrected chi connectivity index (χ2v) is 8.77. The Morgan fingerprint density at radius 1 is 0.964 bits per heavy atom. The molecular formula is C21H18N4OS2. The molecule has 0 aliphatic rings. The van der Waals surface area contributed by atoms with Crippen LogP contribution in [0.3, 0.4) is 0 Å². The van der Waals surface area contributed by atoms with Crippen molar-refractivity contribution in [3.05, 3.63) is 70.8 Å². The van der Waals surface area contributed by atoms with E-state index in [1.165, 1.54) is 28.7 Å². The van der Waals surface area contributed by atoms with Crippen LogP contribution in [0.1, 0.15) is 27.0 Å². The molecule has 0 radical (unpaired) electrons. The van der Waals surface area contributed by atoms with Crippen molar-refractivity contribution in [2.24, 2.45) is 0 Å². The average Bonchev–Trinajstić information content (AvgIpc) is 3.10. The lowest BCUT2D eigenvalue weighted by molar-refractivity contribution is 0.102. The SMILES string of the molecule is Cc1ccc(C(=O)Nc2nnc(Sc3cc(C)c4ccccc4n3)s2)cc1C. The maximum Gasteiger partial charge on any atom is 0.257 e. The first-order valence-electron chi connectivity index (χ1n) is 8.76. The number of pyridine rings is 1. The van der Waals surface area contributed by atoms with Gasteiger partial charge in [-0.25, -0.2) is 4.98 Å². The van der Waals surface area contributed by atoms with E-state index in [-0.39, 0.29) is 5.91 Å². The van der Waals surface area contributed by atoms with Gasteiger partial charge in [0, 0.05) is 10.9 Å². The van der Waals surface area contributed by atoms with E-state index < -0.39 is 0 Å². The Labute approximate surface area is 171 Å². The van der Waals surface area contributed by atoms with E-state index >= 15 is 0 Å². The number of hydrogen-bond acceptors (Lipinski definition) is 6. The summed E-state index contributed by atoms with van der Waals surface area (Å²) in [6.07, 6.45) is 0. The number of hydrogen-bond donors (Lipinski definition) is 1. The zero-order valence-electron chi connectivity index (χ0n) is 15.7. The first-order valence-corrected chi connectivity index (χ1v) is 10.4. The minimum absolute atomic E-state index is 0.185. The molecule has 1 amide bonds. The van der Waals surface area contributed by atoms with Crippen molar-refractivity contribution in [3.63, 3.8) is 0 Å². The van der Waals surface area contributed by atoms with Crippen LogP contribution in [-0.2, 0) is 0 Å². The number of aryl methyl sites for hydroxylation is 3. The maximum absolute atomic E-state index is 12.4. The number of carbonyl (C=O) groups excluding carboxylic acids is 1. The van der Waals surface area contributed by atoms with Crippen LogP contribution in [0.5, 0.6) is 0 Å². The number of anilines is 1. The van der Waals surface area contributed by atoms with Gasteiger partial charge in [-0.1, -0.05) is 35.6 Å². The van der Waals surface area contributed by atoms with E-state index in [2.05, 4.69) is 33.5 Å². The molecule has 0 fully saturated rings. The van der Waals surface area contributed by atoms with Gasteiger partial charge in [-0.05, 0) is 73.5 Å². The first-order chi connectivity index (χ1) is 13.5. The van der Waals surface area contributed by atoms with Crippen LogP contribution in [0.4, 0.5) is 5.13 Å². The Balaban J connectivity index is 1.50. The standard InChI is InChI=1S/C21H18N4OS2/c1-12-8-9-15(10-13(12)2)19(26)23-20-24-25-21(28-20)27-18-11-14(3)16-6-4-5-7-17(16)22-18/h4-11H,1-3H3,(H,23,24,26). The normalized spacial score (nSPS) is 11.0. The summed E-state index contributed by atoms with van der Waals surface area (Å²) >= 11 is 2.79. The predicted molar refractivity (Wildman–Crippen MR) is 114 cm³/mol. The summed E-state index contributed by atoms with van der Waals surface area (Å²) in [4.78, 5) is 17.1. The molecule has 0 spiro atoms. The van der Waals surface area contributed by atoms with Crippen molar-refractivity contribution >= 4 is 45.0 Å². The summed E-state index contributed by atoms with van der Waals surface area (Å²) in [7, 11) is 0. The van der Waals surface area contributed by atoms with Gasteiger partial charge in [-0.3, -0.25) is 10.1 Å². The van der Waals surface area contributed by atoms with Gasteiger partial charge in [-0.15, -0.1) is 10.2 Å². The third-order valence-electron chi connectivity index (χ3n) is 4.49. The molecule has 2 aromatic heterocycles. The third-order valence-corrected chi connectivity index (χ3v) is 6.30. The van der Waals surface area contributed by atoms with Crippen molar-refractivity contribution in [1.29, 1.82) is 0 Å². The molecule has 0 saturated heterocycles. The lowest BCUT2D eigenvalue weighted by Gasteiger charge is -2.04. The van der Waals surface area contributed by atoms with Crippen molar-refractivity contribution in [1.82, 2.24) is 15.2 Å². The van der Waals surface area contributed by atoms with E-state index in [0.717, 1.165) is 31.4 Å². The number of para-hydroxylation sites is 1. The molecule has 0 aliphatic carbocycles. The molecule has 7 heteroatoms. The van der Waals surface area contributed by atoms with E-state index in [0.29, 0.717) is 10.7 Å². The molecule has 28 heavy (non-hydrogen) atoms. The van der Waals surface area contributed by atoms with Crippen molar-refractivity contribution in [2.45, 2.75) is 30.1 Å². The van der Waals surface area contributed by atoms with Crippen LogP contribution in [0.15, 0.2) is 57.9 Å². The molecule has 0 aliphatic heterocycles. The molecule has 0 saturated carbocycles. The number of nitrogens with zero attached hydrogens (tertiary/aromatic N) is 3. The van der Waals surface area contributed by atoms with Crippen molar-refractivity contribution < 1.29 is 4.79 Å². The van der Waals surface area contributed by atoms with Gasteiger partial charge in [0.2, 0.25) is 5.13 Å². The zero-order chi connectivity index (χ0) is 19.7. The van der Waals surface area contributed by atoms with E-state index in [9.17, 15) is 4.79 Å². The fraction of sp³-hybridized carbons (Fsp3) is 0.143. The third kappa shape index (κ3) is 3.90. The van der Waals surface area contributed by atoms with E-state index in [1.54, 1.807) is 0 Å². The quantitative estimate of drug-likeness (QED) is 0.459. The lowest BCUT2D eigenvalue weighted by Crippen LogP contribution is -2.12. The number of nitrogens with one attached hydrogen (secondary N) is 1. The molecule has 1 N–H and O–H groups in total. The van der Waals surface area contributed by atoms with E-state index in [4.69, 9.17) is 0 Å². The van der Waals surface area contributed by atoms with Gasteiger partial charge in [0.15, 0.2) is 4.34 Å². The second kappa shape index (κ2) is 7.69. The van der Waals surface area contributed by atoms with Crippen molar-refractivity contribution in [3.8, 4) is 0 Å². The number of amides is 1. The minimum atomic E-state index is -0.185. The first kappa shape index (κ1) is 18.6. The van der Waals surface area contributed by atoms with Crippen LogP contribution in [0.2, 0.25) is 0 Å². The monoisotopic (exact) mass is 406 g/mol. The summed E-state index contributed by atoms with van der Waals surface area (Å²) in [5.74, 6) is -0.185. The van der Waals surface area contributed by atoms with Crippen LogP contribution in [0.25, 0.3) is 10.9 Å². The predicted octanol–water partition coefficient (Wildman–Crippen LogP) is 5.42. The number of rotatable bonds is 4. The Morgan fingerprint density at radius 2 is 1.79 bits per heavy atom. The van der Waals surface area contributed by atoms with Gasteiger partial charge in [0.05, 0.1) is 5.52 Å². The summed E-state index contributed by atoms with van der Waals surface area (Å²) in [6, 6.07) is 15.7. The van der Waals surface area contributed by atoms with Crippen LogP contribution < -0.4 is 5.32 Å². The smallest absolute Gasteiger partial charge is 0.257 e. The number of carbonyl (C=O) groups is 1. The summed E-state index contributed by atoms with van der Waals surface area (Å²) in [5, 5.41) is 13.6. The molecule has 0 bridgehead atoms. The summed E-state index contributed by atoms with van der Waals surface area (Å²) < 4.78 is 0.734. The Bertz CT molecular complexity index is 1190. The molecular weight excluding hydrogens is 388 g/mol. The number of benzene rings is 2. The molecule has 4 rings (SSSR count). The second-order valence-electron chi connectivity index (χ2n) is 6.52. The number of fused-ring (bicyclic) bond motifs is 1. The Morgan fingerprint density at radius 3 is 2.61 bits per heavy atom. The highest BCUT2D eigenvalue weighted by Crippen LogP contribution is 2.33. The summed E-state index contributed by atoms with van der Waals surface area (Å²) in [6.45, 7) is 6.08. The number of aromatic nitrogens is 3. The molecule has 140 valence electrons. The van der Waals surface area contributed by atoms with E-state index in [1.807, 2.05) is 56.3 Å². The molecule has 5 nitrogen and oxygen atoms in total. The average molecular weight is 407 g/mol. The van der Waals surface area contributed by atoms with Gasteiger partial charge >= 0.3 is 0 Å². The zero-order valence-corrected chi connectivity index (χ0v) is 17.3. The van der Waals surface area contributed by atoms with Crippen LogP contribution in [-0.4, -0.2) is 21.1 Å². The van der Waals surface area contributed by atoms with Crippen LogP contribution >= 0.6 is 23.1 Å². The Hall–Kier alpha value is -2.77. The fourth-order valence-corrected chi connectivity index (χ4v) is 4.59. The minimum Gasteiger partial charge on any atom is -0.296 e. The highest BCUT2D eigenvalue weighted by atomic mass is 32.2. The van der Waals surface area contributed by atoms with Crippen molar-refractivity contribution in [2.75, 3.05) is 5.32 Å². The highest BCUT2D eigenvalue weighted by molar-refractivity contribution is 8.01. The largest absolute Gasteiger partial charge is 0.296 e. The molecule has 2 aromatic carbocycles. The fourth-order valence-electron chi connectivity index (χ4n) is 2.81. The van der Waals surface area contributed by atoms with Crippen LogP contribution in [0, 0.1) is 20.8 Å². The highest BCUT2D eigenvalue weighted by Gasteiger charge is 2.13. The molecule has 4 aromatic rings. The molecule has 0 atom stereocenters. The summed E-state index contributed by atoms with van der Waals surface area (Å²) in [5.41, 5.74) is 4.97. The van der Waals surface area contributed by atoms with Gasteiger partial charge in [-0.2, -0.15) is 0 Å². The topological polar surface area (TPSA) is 67.8 Å². The van der Waals surface area contributed by atoms with Gasteiger partial charge in [0.25, 0.3) is 5.91 Å². The van der Waals surface area contributed by atoms with Gasteiger partial charge in [0.1, 0.15) is 5.03 Å². The molecule has 2 heterocycles.